The second-order valence-corrected chi connectivity index (χ2v) is 7.41. The van der Waals surface area contributed by atoms with Gasteiger partial charge < -0.3 is 4.74 Å². The smallest absolute Gasteiger partial charge is 0.410 e. The van der Waals surface area contributed by atoms with Crippen LogP contribution in [-0.4, -0.2) is 28.4 Å². The minimum atomic E-state index is -4.43. The Morgan fingerprint density at radius 3 is 2.86 bits per heavy atom. The van der Waals surface area contributed by atoms with Crippen molar-refractivity contribution in [2.75, 3.05) is 11.4 Å². The predicted molar refractivity (Wildman–Crippen MR) is 98.7 cm³/mol. The van der Waals surface area contributed by atoms with Crippen molar-refractivity contribution in [3.05, 3.63) is 64.2 Å². The van der Waals surface area contributed by atoms with Crippen molar-refractivity contribution >= 4 is 23.1 Å². The number of rotatable bonds is 4. The van der Waals surface area contributed by atoms with Crippen molar-refractivity contribution in [2.24, 2.45) is 0 Å². The molecule has 0 bridgehead atoms. The number of hydrogen-bond acceptors (Lipinski definition) is 4. The number of carbonyl (C=O) groups excluding carboxylic acids is 1. The van der Waals surface area contributed by atoms with E-state index in [1.807, 2.05) is 0 Å². The molecule has 0 spiro atoms. The Labute approximate surface area is 167 Å². The fourth-order valence-electron chi connectivity index (χ4n) is 3.18. The van der Waals surface area contributed by atoms with Gasteiger partial charge in [0.2, 0.25) is 0 Å². The maximum atomic E-state index is 13.2. The third-order valence-corrected chi connectivity index (χ3v) is 5.50. The van der Waals surface area contributed by atoms with Crippen molar-refractivity contribution in [3.8, 4) is 5.75 Å². The lowest BCUT2D eigenvalue weighted by Gasteiger charge is -2.33. The first kappa shape index (κ1) is 19.4. The van der Waals surface area contributed by atoms with Crippen molar-refractivity contribution in [1.29, 1.82) is 0 Å². The number of benzene rings is 1. The van der Waals surface area contributed by atoms with E-state index in [9.17, 15) is 22.4 Å². The molecular weight excluding hydrogens is 410 g/mol. The molecule has 5 nitrogen and oxygen atoms in total. The third-order valence-electron chi connectivity index (χ3n) is 4.54. The molecular formula is C19H15F4N3O2S. The molecule has 152 valence electrons. The Morgan fingerprint density at radius 1 is 1.28 bits per heavy atom. The van der Waals surface area contributed by atoms with Crippen LogP contribution < -0.4 is 9.64 Å². The molecule has 0 radical (unpaired) electrons. The van der Waals surface area contributed by atoms with E-state index in [0.717, 1.165) is 4.68 Å². The summed E-state index contributed by atoms with van der Waals surface area (Å²) in [4.78, 5) is 14.6. The van der Waals surface area contributed by atoms with Crippen molar-refractivity contribution in [3.63, 3.8) is 0 Å². The zero-order valence-corrected chi connectivity index (χ0v) is 15.7. The lowest BCUT2D eigenvalue weighted by atomic mass is 10.1. The summed E-state index contributed by atoms with van der Waals surface area (Å²) in [7, 11) is 0. The van der Waals surface area contributed by atoms with Gasteiger partial charge in [-0.25, -0.2) is 9.07 Å². The number of aromatic nitrogens is 2. The van der Waals surface area contributed by atoms with Crippen LogP contribution in [-0.2, 0) is 6.61 Å². The molecule has 2 aromatic heterocycles. The van der Waals surface area contributed by atoms with Gasteiger partial charge >= 0.3 is 6.18 Å². The molecule has 1 amide bonds. The average Bonchev–Trinajstić information content (AvgIpc) is 3.34. The summed E-state index contributed by atoms with van der Waals surface area (Å²) in [5.74, 6) is -0.325. The van der Waals surface area contributed by atoms with E-state index in [1.54, 1.807) is 17.5 Å². The largest absolute Gasteiger partial charge is 0.489 e. The zero-order valence-electron chi connectivity index (χ0n) is 14.9. The highest BCUT2D eigenvalue weighted by atomic mass is 32.1. The maximum absolute atomic E-state index is 13.2. The van der Waals surface area contributed by atoms with E-state index < -0.39 is 23.9 Å². The highest BCUT2D eigenvalue weighted by Crippen LogP contribution is 2.39. The molecule has 1 aromatic carbocycles. The molecule has 0 N–H and O–H groups in total. The molecule has 4 rings (SSSR count). The van der Waals surface area contributed by atoms with Crippen molar-refractivity contribution < 1.29 is 27.1 Å². The van der Waals surface area contributed by atoms with Crippen molar-refractivity contribution in [1.82, 2.24) is 9.78 Å². The van der Waals surface area contributed by atoms with E-state index in [4.69, 9.17) is 4.74 Å². The van der Waals surface area contributed by atoms with Gasteiger partial charge in [-0.3, -0.25) is 9.69 Å². The Balaban J connectivity index is 1.48. The summed E-state index contributed by atoms with van der Waals surface area (Å²) in [5.41, 5.74) is 0.710. The van der Waals surface area contributed by atoms with Crippen LogP contribution in [0.4, 0.5) is 23.4 Å². The van der Waals surface area contributed by atoms with Gasteiger partial charge in [0.1, 0.15) is 24.0 Å². The summed E-state index contributed by atoms with van der Waals surface area (Å²) in [6.07, 6.45) is -3.43. The van der Waals surface area contributed by atoms with Gasteiger partial charge in [0.05, 0.1) is 11.1 Å². The second-order valence-electron chi connectivity index (χ2n) is 6.50. The van der Waals surface area contributed by atoms with E-state index in [0.29, 0.717) is 16.2 Å². The first-order valence-electron chi connectivity index (χ1n) is 8.71. The minimum absolute atomic E-state index is 0.0538. The lowest BCUT2D eigenvalue weighted by molar-refractivity contribution is -0.172. The normalized spacial score (nSPS) is 16.6. The van der Waals surface area contributed by atoms with Crippen LogP contribution in [0.25, 0.3) is 0 Å². The molecule has 0 fully saturated rings. The average molecular weight is 425 g/mol. The number of alkyl halides is 3. The van der Waals surface area contributed by atoms with E-state index in [2.05, 4.69) is 5.10 Å². The van der Waals surface area contributed by atoms with Crippen LogP contribution in [0.2, 0.25) is 0 Å². The Morgan fingerprint density at radius 2 is 2.10 bits per heavy atom. The van der Waals surface area contributed by atoms with Crippen molar-refractivity contribution in [2.45, 2.75) is 25.2 Å². The molecule has 0 saturated heterocycles. The van der Waals surface area contributed by atoms with E-state index >= 15 is 0 Å². The number of carbonyl (C=O) groups is 1. The molecule has 1 unspecified atom stereocenters. The highest BCUT2D eigenvalue weighted by Gasteiger charge is 2.45. The molecule has 3 aromatic rings. The van der Waals surface area contributed by atoms with Crippen LogP contribution in [0, 0.1) is 5.82 Å². The Bertz CT molecular complexity index is 1030. The van der Waals surface area contributed by atoms with Gasteiger partial charge in [-0.05, 0) is 30.0 Å². The fraction of sp³-hybridized carbons (Fsp3) is 0.263. The molecule has 1 aliphatic heterocycles. The van der Waals surface area contributed by atoms with Crippen LogP contribution >= 0.6 is 11.3 Å². The number of nitrogens with zero attached hydrogens (tertiary/aromatic N) is 3. The third kappa shape index (κ3) is 3.98. The summed E-state index contributed by atoms with van der Waals surface area (Å²) in [6, 6.07) is 7.00. The maximum Gasteiger partial charge on any atom is 0.410 e. The van der Waals surface area contributed by atoms with Crippen LogP contribution in [0.3, 0.4) is 0 Å². The highest BCUT2D eigenvalue weighted by molar-refractivity contribution is 7.12. The predicted octanol–water partition coefficient (Wildman–Crippen LogP) is 4.82. The van der Waals surface area contributed by atoms with E-state index in [1.165, 1.54) is 46.7 Å². The molecule has 1 atom stereocenters. The minimum Gasteiger partial charge on any atom is -0.489 e. The molecule has 29 heavy (non-hydrogen) atoms. The van der Waals surface area contributed by atoms with Gasteiger partial charge in [-0.1, -0.05) is 6.07 Å². The SMILES string of the molecule is O=C(c1cc(COc2cccc(F)c2)cs1)N1CCC(C(F)(F)F)n2nccc21. The number of thiophene rings is 1. The first-order chi connectivity index (χ1) is 13.8. The lowest BCUT2D eigenvalue weighted by Crippen LogP contribution is -2.42. The van der Waals surface area contributed by atoms with Crippen LogP contribution in [0.1, 0.15) is 27.7 Å². The van der Waals surface area contributed by atoms with Gasteiger partial charge in [0.15, 0.2) is 6.04 Å². The number of hydrogen-bond donors (Lipinski definition) is 0. The fourth-order valence-corrected chi connectivity index (χ4v) is 4.02. The number of ether oxygens (including phenoxy) is 1. The standard InChI is InChI=1S/C19H15F4N3O2S/c20-13-2-1-3-14(9-13)28-10-12-8-15(29-11-12)18(27)25-7-5-16(19(21,22)23)26-17(25)4-6-24-26/h1-4,6,8-9,11,16H,5,7,10H2. The Kier molecular flexibility index (Phi) is 5.03. The number of anilines is 1. The first-order valence-corrected chi connectivity index (χ1v) is 9.59. The quantitative estimate of drug-likeness (QED) is 0.564. The van der Waals surface area contributed by atoms with Gasteiger partial charge in [-0.2, -0.15) is 18.3 Å². The Hall–Kier alpha value is -2.88. The van der Waals surface area contributed by atoms with Crippen LogP contribution in [0.15, 0.2) is 48.0 Å². The summed E-state index contributed by atoms with van der Waals surface area (Å²) < 4.78 is 59.2. The van der Waals surface area contributed by atoms with Gasteiger partial charge in [-0.15, -0.1) is 11.3 Å². The monoisotopic (exact) mass is 425 g/mol. The molecule has 0 aliphatic carbocycles. The summed E-state index contributed by atoms with van der Waals surface area (Å²) in [5, 5.41) is 5.49. The molecule has 10 heteroatoms. The summed E-state index contributed by atoms with van der Waals surface area (Å²) in [6.45, 7) is 0.0864. The summed E-state index contributed by atoms with van der Waals surface area (Å²) >= 11 is 1.18. The van der Waals surface area contributed by atoms with E-state index in [-0.39, 0.29) is 25.4 Å². The molecule has 1 aliphatic rings. The zero-order chi connectivity index (χ0) is 20.6. The van der Waals surface area contributed by atoms with Crippen LogP contribution in [0.5, 0.6) is 5.75 Å². The molecule has 3 heterocycles. The molecule has 0 saturated carbocycles. The topological polar surface area (TPSA) is 47.4 Å². The van der Waals surface area contributed by atoms with Gasteiger partial charge in [0, 0.05) is 24.2 Å². The second kappa shape index (κ2) is 7.51. The number of amides is 1. The van der Waals surface area contributed by atoms with Gasteiger partial charge in [0.25, 0.3) is 5.91 Å². The number of halogens is 4. The number of fused-ring (bicyclic) bond motifs is 1.